The van der Waals surface area contributed by atoms with Crippen LogP contribution in [0, 0.1) is 0 Å². The molecule has 0 amide bonds. The normalized spacial score (nSPS) is 15.0. The highest BCUT2D eigenvalue weighted by molar-refractivity contribution is 9.10. The Bertz CT molecular complexity index is 529. The zero-order valence-corrected chi connectivity index (χ0v) is 10.2. The van der Waals surface area contributed by atoms with Crippen LogP contribution in [0.2, 0.25) is 0 Å². The van der Waals surface area contributed by atoms with E-state index < -0.39 is 5.78 Å². The third kappa shape index (κ3) is 1.69. The highest BCUT2D eigenvalue weighted by Crippen LogP contribution is 2.30. The van der Waals surface area contributed by atoms with Crippen molar-refractivity contribution in [3.05, 3.63) is 39.4 Å². The van der Waals surface area contributed by atoms with Crippen LogP contribution in [-0.2, 0) is 16.0 Å². The molecule has 1 aliphatic carbocycles. The Morgan fingerprint density at radius 2 is 2.12 bits per heavy atom. The molecule has 0 fully saturated rings. The predicted molar refractivity (Wildman–Crippen MR) is 63.1 cm³/mol. The van der Waals surface area contributed by atoms with Gasteiger partial charge in [0.25, 0.3) is 0 Å². The van der Waals surface area contributed by atoms with E-state index in [9.17, 15) is 14.7 Å². The van der Waals surface area contributed by atoms with Gasteiger partial charge in [-0.15, -0.1) is 0 Å². The van der Waals surface area contributed by atoms with E-state index in [-0.39, 0.29) is 23.5 Å². The lowest BCUT2D eigenvalue weighted by molar-refractivity contribution is -0.120. The number of rotatable bonds is 1. The second-order valence-electron chi connectivity index (χ2n) is 3.68. The SMILES string of the molecule is CC(=O)C1=C(O)c2ccc(Br)cc2CC1=O. The van der Waals surface area contributed by atoms with E-state index in [0.717, 1.165) is 10.0 Å². The summed E-state index contributed by atoms with van der Waals surface area (Å²) in [6, 6.07) is 5.24. The molecule has 0 aliphatic heterocycles. The molecular weight excluding hydrogens is 272 g/mol. The highest BCUT2D eigenvalue weighted by Gasteiger charge is 2.27. The number of ketones is 2. The summed E-state index contributed by atoms with van der Waals surface area (Å²) in [5, 5.41) is 9.88. The number of allylic oxidation sites excluding steroid dienone is 1. The number of fused-ring (bicyclic) bond motifs is 1. The van der Waals surface area contributed by atoms with Crippen molar-refractivity contribution < 1.29 is 14.7 Å². The van der Waals surface area contributed by atoms with Gasteiger partial charge < -0.3 is 5.11 Å². The summed E-state index contributed by atoms with van der Waals surface area (Å²) >= 11 is 3.30. The number of Topliss-reactive ketones (excluding diaryl/α,β-unsaturated/α-hetero) is 2. The fourth-order valence-electron chi connectivity index (χ4n) is 1.83. The molecule has 0 radical (unpaired) electrons. The van der Waals surface area contributed by atoms with Gasteiger partial charge in [0, 0.05) is 16.5 Å². The Hall–Kier alpha value is -1.42. The largest absolute Gasteiger partial charge is 0.506 e. The van der Waals surface area contributed by atoms with Crippen molar-refractivity contribution in [2.75, 3.05) is 0 Å². The van der Waals surface area contributed by atoms with E-state index >= 15 is 0 Å². The lowest BCUT2D eigenvalue weighted by Crippen LogP contribution is -2.20. The number of aliphatic hydroxyl groups is 1. The van der Waals surface area contributed by atoms with Crippen LogP contribution in [0.15, 0.2) is 28.2 Å². The predicted octanol–water partition coefficient (Wildman–Crippen LogP) is 2.43. The molecule has 1 aromatic carbocycles. The van der Waals surface area contributed by atoms with Gasteiger partial charge in [0.1, 0.15) is 11.3 Å². The minimum Gasteiger partial charge on any atom is -0.506 e. The van der Waals surface area contributed by atoms with Gasteiger partial charge in [0.2, 0.25) is 0 Å². The maximum Gasteiger partial charge on any atom is 0.174 e. The first-order valence-electron chi connectivity index (χ1n) is 4.77. The van der Waals surface area contributed by atoms with Crippen molar-refractivity contribution in [1.82, 2.24) is 0 Å². The molecule has 16 heavy (non-hydrogen) atoms. The smallest absolute Gasteiger partial charge is 0.174 e. The maximum absolute atomic E-state index is 11.7. The Morgan fingerprint density at radius 1 is 1.44 bits per heavy atom. The zero-order valence-electron chi connectivity index (χ0n) is 8.58. The van der Waals surface area contributed by atoms with Gasteiger partial charge >= 0.3 is 0 Å². The summed E-state index contributed by atoms with van der Waals surface area (Å²) in [7, 11) is 0. The van der Waals surface area contributed by atoms with Crippen molar-refractivity contribution in [3.8, 4) is 0 Å². The van der Waals surface area contributed by atoms with Gasteiger partial charge in [0.15, 0.2) is 11.6 Å². The summed E-state index contributed by atoms with van der Waals surface area (Å²) in [5.41, 5.74) is 1.21. The highest BCUT2D eigenvalue weighted by atomic mass is 79.9. The average molecular weight is 281 g/mol. The van der Waals surface area contributed by atoms with E-state index in [1.54, 1.807) is 18.2 Å². The molecule has 4 heteroatoms. The number of carbonyl (C=O) groups is 2. The van der Waals surface area contributed by atoms with Crippen LogP contribution >= 0.6 is 15.9 Å². The van der Waals surface area contributed by atoms with Crippen molar-refractivity contribution in [2.45, 2.75) is 13.3 Å². The molecule has 0 bridgehead atoms. The van der Waals surface area contributed by atoms with Crippen LogP contribution in [-0.4, -0.2) is 16.7 Å². The van der Waals surface area contributed by atoms with Crippen LogP contribution in [0.3, 0.4) is 0 Å². The van der Waals surface area contributed by atoms with Gasteiger partial charge in [-0.1, -0.05) is 15.9 Å². The summed E-state index contributed by atoms with van der Waals surface area (Å²) in [6.45, 7) is 1.29. The number of hydrogen-bond acceptors (Lipinski definition) is 3. The molecule has 82 valence electrons. The second-order valence-corrected chi connectivity index (χ2v) is 4.60. The fourth-order valence-corrected chi connectivity index (χ4v) is 2.24. The molecule has 3 nitrogen and oxygen atoms in total. The van der Waals surface area contributed by atoms with Gasteiger partial charge in [-0.2, -0.15) is 0 Å². The third-order valence-electron chi connectivity index (χ3n) is 2.54. The lowest BCUT2D eigenvalue weighted by atomic mass is 9.88. The van der Waals surface area contributed by atoms with Crippen LogP contribution in [0.1, 0.15) is 18.1 Å². The van der Waals surface area contributed by atoms with E-state index in [2.05, 4.69) is 15.9 Å². The maximum atomic E-state index is 11.7. The van der Waals surface area contributed by atoms with Crippen LogP contribution < -0.4 is 0 Å². The molecule has 0 aromatic heterocycles. The Labute approximate surface area is 101 Å². The summed E-state index contributed by atoms with van der Waals surface area (Å²) < 4.78 is 0.845. The summed E-state index contributed by atoms with van der Waals surface area (Å²) in [4.78, 5) is 22.9. The summed E-state index contributed by atoms with van der Waals surface area (Å²) in [6.07, 6.45) is 0.160. The van der Waals surface area contributed by atoms with Gasteiger partial charge in [-0.3, -0.25) is 9.59 Å². The zero-order chi connectivity index (χ0) is 11.9. The number of halogens is 1. The minimum atomic E-state index is -0.393. The quantitative estimate of drug-likeness (QED) is 0.804. The van der Waals surface area contributed by atoms with E-state index in [1.165, 1.54) is 6.92 Å². The molecular formula is C12H9BrO3. The Kier molecular flexibility index (Phi) is 2.68. The van der Waals surface area contributed by atoms with E-state index in [4.69, 9.17) is 0 Å². The van der Waals surface area contributed by atoms with Gasteiger partial charge in [-0.25, -0.2) is 0 Å². The van der Waals surface area contributed by atoms with Crippen molar-refractivity contribution >= 4 is 33.3 Å². The Morgan fingerprint density at radius 3 is 2.75 bits per heavy atom. The molecule has 2 rings (SSSR count). The minimum absolute atomic E-state index is 0.0881. The fraction of sp³-hybridized carbons (Fsp3) is 0.167. The first-order chi connectivity index (χ1) is 7.50. The second kappa shape index (κ2) is 3.87. The lowest BCUT2D eigenvalue weighted by Gasteiger charge is -2.17. The third-order valence-corrected chi connectivity index (χ3v) is 3.03. The average Bonchev–Trinajstić information content (AvgIpc) is 2.15. The monoisotopic (exact) mass is 280 g/mol. The first-order valence-corrected chi connectivity index (χ1v) is 5.56. The topological polar surface area (TPSA) is 54.4 Å². The number of hydrogen-bond donors (Lipinski definition) is 1. The molecule has 1 aromatic rings. The standard InChI is InChI=1S/C12H9BrO3/c1-6(14)11-10(15)5-7-4-8(13)2-3-9(7)12(11)16/h2-4,16H,5H2,1H3. The summed E-state index contributed by atoms with van der Waals surface area (Å²) in [5.74, 6) is -0.919. The van der Waals surface area contributed by atoms with E-state index in [1.807, 2.05) is 0 Å². The van der Waals surface area contributed by atoms with E-state index in [0.29, 0.717) is 5.56 Å². The Balaban J connectivity index is 2.67. The molecule has 0 spiro atoms. The molecule has 1 aliphatic rings. The van der Waals surface area contributed by atoms with Crippen molar-refractivity contribution in [1.29, 1.82) is 0 Å². The van der Waals surface area contributed by atoms with Crippen LogP contribution in [0.5, 0.6) is 0 Å². The molecule has 0 saturated carbocycles. The molecule has 0 saturated heterocycles. The van der Waals surface area contributed by atoms with Gasteiger partial charge in [0.05, 0.1) is 0 Å². The molecule has 0 atom stereocenters. The first kappa shape index (κ1) is 11.1. The van der Waals surface area contributed by atoms with Gasteiger partial charge in [-0.05, 0) is 30.7 Å². The molecule has 0 unspecified atom stereocenters. The number of benzene rings is 1. The molecule has 0 heterocycles. The molecule has 1 N–H and O–H groups in total. The number of aliphatic hydroxyl groups excluding tert-OH is 1. The van der Waals surface area contributed by atoms with Crippen molar-refractivity contribution in [3.63, 3.8) is 0 Å². The van der Waals surface area contributed by atoms with Crippen LogP contribution in [0.25, 0.3) is 5.76 Å². The van der Waals surface area contributed by atoms with Crippen molar-refractivity contribution in [2.24, 2.45) is 0 Å². The van der Waals surface area contributed by atoms with Crippen LogP contribution in [0.4, 0.5) is 0 Å². The number of carbonyl (C=O) groups excluding carboxylic acids is 2.